The van der Waals surface area contributed by atoms with Crippen LogP contribution in [0.5, 0.6) is 0 Å². The fourth-order valence-electron chi connectivity index (χ4n) is 4.54. The molecule has 0 saturated heterocycles. The van der Waals surface area contributed by atoms with Crippen LogP contribution in [0.4, 0.5) is 10.1 Å². The van der Waals surface area contributed by atoms with Gasteiger partial charge in [0.2, 0.25) is 5.91 Å². The minimum absolute atomic E-state index is 0.0288. The van der Waals surface area contributed by atoms with Crippen molar-refractivity contribution in [2.75, 3.05) is 18.4 Å². The van der Waals surface area contributed by atoms with Crippen molar-refractivity contribution < 1.29 is 9.18 Å². The summed E-state index contributed by atoms with van der Waals surface area (Å²) in [6.07, 6.45) is 11.3. The number of nitrogens with one attached hydrogen (secondary N) is 1. The Balaban J connectivity index is 1.75. The van der Waals surface area contributed by atoms with E-state index in [2.05, 4.69) is 48.3 Å². The third-order valence-electron chi connectivity index (χ3n) is 6.30. The quantitative estimate of drug-likeness (QED) is 0.281. The lowest BCUT2D eigenvalue weighted by atomic mass is 9.87. The number of hydrogen-bond donors (Lipinski definition) is 1. The van der Waals surface area contributed by atoms with Crippen molar-refractivity contribution in [1.29, 1.82) is 0 Å². The van der Waals surface area contributed by atoms with Crippen LogP contribution in [0.25, 0.3) is 0 Å². The van der Waals surface area contributed by atoms with Gasteiger partial charge >= 0.3 is 0 Å². The van der Waals surface area contributed by atoms with Gasteiger partial charge in [-0.2, -0.15) is 0 Å². The number of carbonyl (C=O) groups is 1. The second-order valence-electron chi connectivity index (χ2n) is 8.68. The van der Waals surface area contributed by atoms with Crippen LogP contribution in [-0.2, 0) is 4.79 Å². The number of hydrogen-bond acceptors (Lipinski definition) is 2. The van der Waals surface area contributed by atoms with E-state index in [1.165, 1.54) is 30.5 Å². The molecule has 0 aliphatic carbocycles. The average molecular weight is 437 g/mol. The van der Waals surface area contributed by atoms with Crippen LogP contribution >= 0.6 is 0 Å². The SMILES string of the molecule is CC/C=C/CCN(CCCCCC)C(=O)CC1c2ccccc2NC1c1ccc(F)cc1. The van der Waals surface area contributed by atoms with Crippen LogP contribution in [0.2, 0.25) is 0 Å². The fraction of sp³-hybridized carbons (Fsp3) is 0.464. The van der Waals surface area contributed by atoms with Crippen molar-refractivity contribution >= 4 is 11.6 Å². The number of fused-ring (bicyclic) bond motifs is 1. The molecule has 1 heterocycles. The summed E-state index contributed by atoms with van der Waals surface area (Å²) in [6.45, 7) is 5.93. The smallest absolute Gasteiger partial charge is 0.223 e. The van der Waals surface area contributed by atoms with Gasteiger partial charge in [-0.05, 0) is 48.6 Å². The Labute approximate surface area is 192 Å². The molecule has 172 valence electrons. The van der Waals surface area contributed by atoms with Crippen LogP contribution in [0.1, 0.15) is 81.9 Å². The largest absolute Gasteiger partial charge is 0.377 e. The van der Waals surface area contributed by atoms with Gasteiger partial charge in [-0.3, -0.25) is 4.79 Å². The maximum absolute atomic E-state index is 13.5. The van der Waals surface area contributed by atoms with E-state index in [1.54, 1.807) is 0 Å². The summed E-state index contributed by atoms with van der Waals surface area (Å²) in [5, 5.41) is 3.58. The molecule has 2 aromatic carbocycles. The van der Waals surface area contributed by atoms with E-state index in [1.807, 2.05) is 24.3 Å². The zero-order chi connectivity index (χ0) is 22.8. The normalized spacial score (nSPS) is 17.3. The summed E-state index contributed by atoms with van der Waals surface area (Å²) in [5.41, 5.74) is 3.26. The summed E-state index contributed by atoms with van der Waals surface area (Å²) in [7, 11) is 0. The molecule has 2 atom stereocenters. The van der Waals surface area contributed by atoms with Crippen LogP contribution in [0.15, 0.2) is 60.7 Å². The minimum atomic E-state index is -0.240. The molecule has 1 N–H and O–H groups in total. The molecule has 0 fully saturated rings. The van der Waals surface area contributed by atoms with Crippen LogP contribution in [-0.4, -0.2) is 23.9 Å². The number of anilines is 1. The molecule has 1 aliphatic rings. The van der Waals surface area contributed by atoms with Crippen molar-refractivity contribution in [3.63, 3.8) is 0 Å². The van der Waals surface area contributed by atoms with Crippen LogP contribution in [0.3, 0.4) is 0 Å². The van der Waals surface area contributed by atoms with Crippen molar-refractivity contribution in [2.45, 2.75) is 70.8 Å². The van der Waals surface area contributed by atoms with Gasteiger partial charge in [0.1, 0.15) is 5.82 Å². The first-order valence-electron chi connectivity index (χ1n) is 12.2. The molecule has 0 saturated carbocycles. The number of unbranched alkanes of at least 4 members (excludes halogenated alkanes) is 3. The number of allylic oxidation sites excluding steroid dienone is 1. The molecular formula is C28H37FN2O. The third kappa shape index (κ3) is 6.44. The first-order chi connectivity index (χ1) is 15.6. The molecule has 3 rings (SSSR count). The Morgan fingerprint density at radius 1 is 1.00 bits per heavy atom. The Kier molecular flexibility index (Phi) is 9.33. The molecule has 0 spiro atoms. The number of rotatable bonds is 12. The molecule has 2 unspecified atom stereocenters. The predicted octanol–water partition coefficient (Wildman–Crippen LogP) is 7.23. The molecule has 4 heteroatoms. The summed E-state index contributed by atoms with van der Waals surface area (Å²) in [6, 6.07) is 14.8. The standard InChI is InChI=1S/C28H37FN2O/c1-3-5-7-11-19-31(20-12-8-6-4-2)27(32)21-25-24-13-9-10-14-26(24)30-28(25)22-15-17-23(29)18-16-22/h5,7,9-10,13-18,25,28,30H,3-4,6,8,11-12,19-21H2,1-2H3/b7-5+. The lowest BCUT2D eigenvalue weighted by Gasteiger charge is -2.26. The van der Waals surface area contributed by atoms with E-state index in [0.29, 0.717) is 6.42 Å². The van der Waals surface area contributed by atoms with E-state index >= 15 is 0 Å². The van der Waals surface area contributed by atoms with Gasteiger partial charge in [0, 0.05) is 31.1 Å². The highest BCUT2D eigenvalue weighted by Gasteiger charge is 2.35. The Morgan fingerprint density at radius 2 is 1.78 bits per heavy atom. The first-order valence-corrected chi connectivity index (χ1v) is 12.2. The molecule has 1 amide bonds. The topological polar surface area (TPSA) is 32.3 Å². The first kappa shape index (κ1) is 24.0. The maximum Gasteiger partial charge on any atom is 0.223 e. The average Bonchev–Trinajstić information content (AvgIpc) is 3.16. The van der Waals surface area contributed by atoms with Crippen molar-refractivity contribution in [1.82, 2.24) is 4.90 Å². The minimum Gasteiger partial charge on any atom is -0.377 e. The monoisotopic (exact) mass is 436 g/mol. The highest BCUT2D eigenvalue weighted by atomic mass is 19.1. The number of nitrogens with zero attached hydrogens (tertiary/aromatic N) is 1. The Morgan fingerprint density at radius 3 is 2.53 bits per heavy atom. The number of halogens is 1. The van der Waals surface area contributed by atoms with Crippen molar-refractivity contribution in [2.24, 2.45) is 0 Å². The molecule has 0 aromatic heterocycles. The third-order valence-corrected chi connectivity index (χ3v) is 6.30. The van der Waals surface area contributed by atoms with Gasteiger partial charge < -0.3 is 10.2 Å². The summed E-state index contributed by atoms with van der Waals surface area (Å²) in [4.78, 5) is 15.5. The van der Waals surface area contributed by atoms with Gasteiger partial charge in [0.25, 0.3) is 0 Å². The Hall–Kier alpha value is -2.62. The number of benzene rings is 2. The van der Waals surface area contributed by atoms with Crippen molar-refractivity contribution in [3.8, 4) is 0 Å². The molecule has 3 nitrogen and oxygen atoms in total. The highest BCUT2D eigenvalue weighted by Crippen LogP contribution is 2.46. The van der Waals surface area contributed by atoms with Crippen LogP contribution in [0, 0.1) is 5.82 Å². The molecule has 1 aliphatic heterocycles. The zero-order valence-electron chi connectivity index (χ0n) is 19.5. The van der Waals surface area contributed by atoms with Crippen molar-refractivity contribution in [3.05, 3.63) is 77.6 Å². The maximum atomic E-state index is 13.5. The lowest BCUT2D eigenvalue weighted by Crippen LogP contribution is -2.34. The van der Waals surface area contributed by atoms with Gasteiger partial charge in [-0.1, -0.05) is 75.6 Å². The summed E-state index contributed by atoms with van der Waals surface area (Å²) >= 11 is 0. The summed E-state index contributed by atoms with van der Waals surface area (Å²) in [5.74, 6) is 0.00535. The fourth-order valence-corrected chi connectivity index (χ4v) is 4.54. The van der Waals surface area contributed by atoms with E-state index in [-0.39, 0.29) is 23.7 Å². The lowest BCUT2D eigenvalue weighted by molar-refractivity contribution is -0.131. The summed E-state index contributed by atoms with van der Waals surface area (Å²) < 4.78 is 13.5. The zero-order valence-corrected chi connectivity index (χ0v) is 19.5. The van der Waals surface area contributed by atoms with Crippen LogP contribution < -0.4 is 5.32 Å². The molecule has 32 heavy (non-hydrogen) atoms. The Bertz CT molecular complexity index is 877. The second kappa shape index (κ2) is 12.4. The van der Waals surface area contributed by atoms with Gasteiger partial charge in [0.15, 0.2) is 0 Å². The molecule has 0 radical (unpaired) electrons. The van der Waals surface area contributed by atoms with E-state index in [4.69, 9.17) is 0 Å². The highest BCUT2D eigenvalue weighted by molar-refractivity contribution is 5.79. The van der Waals surface area contributed by atoms with Gasteiger partial charge in [-0.15, -0.1) is 0 Å². The van der Waals surface area contributed by atoms with E-state index < -0.39 is 0 Å². The molecule has 2 aromatic rings. The number of amides is 1. The molecular weight excluding hydrogens is 399 g/mol. The van der Waals surface area contributed by atoms with Gasteiger partial charge in [0.05, 0.1) is 6.04 Å². The number of carbonyl (C=O) groups excluding carboxylic acids is 1. The van der Waals surface area contributed by atoms with E-state index in [0.717, 1.165) is 50.0 Å². The number of para-hydroxylation sites is 1. The van der Waals surface area contributed by atoms with E-state index in [9.17, 15) is 9.18 Å². The second-order valence-corrected chi connectivity index (χ2v) is 8.68. The predicted molar refractivity (Wildman–Crippen MR) is 131 cm³/mol. The molecule has 0 bridgehead atoms. The van der Waals surface area contributed by atoms with Gasteiger partial charge in [-0.25, -0.2) is 4.39 Å².